The second-order valence-electron chi connectivity index (χ2n) is 7.91. The largest absolute Gasteiger partial charge is 0.0696 e. The molecule has 1 rings (SSSR count). The summed E-state index contributed by atoms with van der Waals surface area (Å²) in [5.74, 6) is 0.848. The van der Waals surface area contributed by atoms with Crippen LogP contribution in [0.15, 0.2) is 23.3 Å². The SMILES string of the molecule is CCCCCCCCC1=CC=C(CCCCCCCC)C(CC)C1. The van der Waals surface area contributed by atoms with Crippen molar-refractivity contribution in [2.24, 2.45) is 5.92 Å². The Labute approximate surface area is 153 Å². The molecule has 1 atom stereocenters. The van der Waals surface area contributed by atoms with Crippen LogP contribution in [0.5, 0.6) is 0 Å². The summed E-state index contributed by atoms with van der Waals surface area (Å²) in [6, 6.07) is 0. The minimum Gasteiger partial charge on any atom is -0.0696 e. The van der Waals surface area contributed by atoms with Gasteiger partial charge in [-0.3, -0.25) is 0 Å². The first-order chi connectivity index (χ1) is 11.8. The van der Waals surface area contributed by atoms with Gasteiger partial charge < -0.3 is 0 Å². The first kappa shape index (κ1) is 21.5. The van der Waals surface area contributed by atoms with Crippen LogP contribution in [0.25, 0.3) is 0 Å². The maximum atomic E-state index is 2.50. The van der Waals surface area contributed by atoms with Crippen molar-refractivity contribution < 1.29 is 0 Å². The summed E-state index contributed by atoms with van der Waals surface area (Å²) < 4.78 is 0. The average molecular weight is 333 g/mol. The standard InChI is InChI=1S/C24H44/c1-4-7-9-11-13-15-17-22-19-20-24(23(6-3)21-22)18-16-14-12-10-8-5-2/h19-20,23H,4-18,21H2,1-3H3. The third-order valence-corrected chi connectivity index (χ3v) is 5.73. The Morgan fingerprint density at radius 3 is 1.79 bits per heavy atom. The van der Waals surface area contributed by atoms with Crippen LogP contribution in [0.2, 0.25) is 0 Å². The summed E-state index contributed by atoms with van der Waals surface area (Å²) in [5, 5.41) is 0. The summed E-state index contributed by atoms with van der Waals surface area (Å²) in [4.78, 5) is 0. The summed E-state index contributed by atoms with van der Waals surface area (Å²) >= 11 is 0. The van der Waals surface area contributed by atoms with E-state index in [1.165, 1.54) is 103 Å². The number of allylic oxidation sites excluding steroid dienone is 4. The van der Waals surface area contributed by atoms with Gasteiger partial charge in [0.05, 0.1) is 0 Å². The number of hydrogen-bond acceptors (Lipinski definition) is 0. The normalized spacial score (nSPS) is 17.7. The van der Waals surface area contributed by atoms with Gasteiger partial charge in [-0.1, -0.05) is 108 Å². The van der Waals surface area contributed by atoms with Crippen molar-refractivity contribution in [3.63, 3.8) is 0 Å². The lowest BCUT2D eigenvalue weighted by Gasteiger charge is -2.24. The lowest BCUT2D eigenvalue weighted by Crippen LogP contribution is -2.09. The molecule has 0 amide bonds. The van der Waals surface area contributed by atoms with Gasteiger partial charge in [0.2, 0.25) is 0 Å². The lowest BCUT2D eigenvalue weighted by atomic mass is 9.81. The van der Waals surface area contributed by atoms with Gasteiger partial charge in [0, 0.05) is 0 Å². The Bertz CT molecular complexity index is 347. The molecule has 0 aromatic carbocycles. The second kappa shape index (κ2) is 14.8. The van der Waals surface area contributed by atoms with Gasteiger partial charge in [-0.15, -0.1) is 0 Å². The maximum absolute atomic E-state index is 2.50. The van der Waals surface area contributed by atoms with Crippen LogP contribution in [-0.4, -0.2) is 0 Å². The lowest BCUT2D eigenvalue weighted by molar-refractivity contribution is 0.517. The molecule has 0 spiro atoms. The van der Waals surface area contributed by atoms with E-state index in [0.717, 1.165) is 5.92 Å². The van der Waals surface area contributed by atoms with Crippen LogP contribution >= 0.6 is 0 Å². The highest BCUT2D eigenvalue weighted by molar-refractivity contribution is 5.26. The molecular weight excluding hydrogens is 288 g/mol. The van der Waals surface area contributed by atoms with Crippen LogP contribution < -0.4 is 0 Å². The van der Waals surface area contributed by atoms with Crippen molar-refractivity contribution in [1.82, 2.24) is 0 Å². The quantitative estimate of drug-likeness (QED) is 0.263. The molecule has 0 heterocycles. The van der Waals surface area contributed by atoms with E-state index in [1.807, 2.05) is 0 Å². The first-order valence-electron chi connectivity index (χ1n) is 11.2. The van der Waals surface area contributed by atoms with Gasteiger partial charge in [0.25, 0.3) is 0 Å². The van der Waals surface area contributed by atoms with Gasteiger partial charge in [0.1, 0.15) is 0 Å². The molecule has 1 unspecified atom stereocenters. The monoisotopic (exact) mass is 332 g/mol. The molecule has 0 saturated heterocycles. The van der Waals surface area contributed by atoms with Crippen LogP contribution in [0.4, 0.5) is 0 Å². The van der Waals surface area contributed by atoms with Crippen molar-refractivity contribution in [3.8, 4) is 0 Å². The average Bonchev–Trinajstić information content (AvgIpc) is 2.61. The van der Waals surface area contributed by atoms with Crippen LogP contribution in [0.1, 0.15) is 124 Å². The molecule has 0 nitrogen and oxygen atoms in total. The summed E-state index contributed by atoms with van der Waals surface area (Å²) in [6.45, 7) is 6.98. The highest BCUT2D eigenvalue weighted by Gasteiger charge is 2.17. The zero-order chi connectivity index (χ0) is 17.5. The predicted octanol–water partition coefficient (Wildman–Crippen LogP) is 8.77. The minimum atomic E-state index is 0.848. The molecule has 0 heteroatoms. The van der Waals surface area contributed by atoms with Crippen molar-refractivity contribution in [3.05, 3.63) is 23.3 Å². The molecule has 0 fully saturated rings. The Kier molecular flexibility index (Phi) is 13.3. The molecule has 0 saturated carbocycles. The number of unbranched alkanes of at least 4 members (excludes halogenated alkanes) is 10. The van der Waals surface area contributed by atoms with Crippen LogP contribution in [-0.2, 0) is 0 Å². The van der Waals surface area contributed by atoms with E-state index >= 15 is 0 Å². The zero-order valence-electron chi connectivity index (χ0n) is 17.0. The molecule has 1 aliphatic carbocycles. The molecule has 1 aliphatic rings. The topological polar surface area (TPSA) is 0 Å². The molecular formula is C24H44. The van der Waals surface area contributed by atoms with E-state index in [4.69, 9.17) is 0 Å². The molecule has 140 valence electrons. The number of hydrogen-bond donors (Lipinski definition) is 0. The number of rotatable bonds is 15. The van der Waals surface area contributed by atoms with Crippen LogP contribution in [0, 0.1) is 5.92 Å². The zero-order valence-corrected chi connectivity index (χ0v) is 17.0. The van der Waals surface area contributed by atoms with Crippen molar-refractivity contribution >= 4 is 0 Å². The Morgan fingerprint density at radius 2 is 1.21 bits per heavy atom. The smallest absolute Gasteiger partial charge is 0.0165 e. The van der Waals surface area contributed by atoms with E-state index in [0.29, 0.717) is 0 Å². The van der Waals surface area contributed by atoms with Crippen molar-refractivity contribution in [2.45, 2.75) is 124 Å². The van der Waals surface area contributed by atoms with E-state index in [2.05, 4.69) is 32.9 Å². The van der Waals surface area contributed by atoms with Gasteiger partial charge in [-0.25, -0.2) is 0 Å². The van der Waals surface area contributed by atoms with Crippen molar-refractivity contribution in [2.75, 3.05) is 0 Å². The molecule has 0 aromatic heterocycles. The molecule has 0 N–H and O–H groups in total. The van der Waals surface area contributed by atoms with Crippen molar-refractivity contribution in [1.29, 1.82) is 0 Å². The Morgan fingerprint density at radius 1 is 0.667 bits per heavy atom. The van der Waals surface area contributed by atoms with E-state index < -0.39 is 0 Å². The minimum absolute atomic E-state index is 0.848. The van der Waals surface area contributed by atoms with Gasteiger partial charge in [-0.05, 0) is 44.4 Å². The third-order valence-electron chi connectivity index (χ3n) is 5.73. The first-order valence-corrected chi connectivity index (χ1v) is 11.2. The van der Waals surface area contributed by atoms with Gasteiger partial charge in [-0.2, -0.15) is 0 Å². The summed E-state index contributed by atoms with van der Waals surface area (Å²) in [6.07, 6.45) is 27.4. The highest BCUT2D eigenvalue weighted by Crippen LogP contribution is 2.33. The molecule has 0 aromatic rings. The van der Waals surface area contributed by atoms with Gasteiger partial charge in [0.15, 0.2) is 0 Å². The molecule has 24 heavy (non-hydrogen) atoms. The predicted molar refractivity (Wildman–Crippen MR) is 111 cm³/mol. The van der Waals surface area contributed by atoms with E-state index in [-0.39, 0.29) is 0 Å². The van der Waals surface area contributed by atoms with E-state index in [1.54, 1.807) is 11.1 Å². The fourth-order valence-corrected chi connectivity index (χ4v) is 4.00. The fraction of sp³-hybridized carbons (Fsp3) is 0.833. The molecule has 0 aliphatic heterocycles. The fourth-order valence-electron chi connectivity index (χ4n) is 4.00. The third kappa shape index (κ3) is 9.70. The molecule has 0 radical (unpaired) electrons. The van der Waals surface area contributed by atoms with Crippen LogP contribution in [0.3, 0.4) is 0 Å². The molecule has 0 bridgehead atoms. The van der Waals surface area contributed by atoms with E-state index in [9.17, 15) is 0 Å². The second-order valence-corrected chi connectivity index (χ2v) is 7.91. The van der Waals surface area contributed by atoms with Gasteiger partial charge >= 0.3 is 0 Å². The summed E-state index contributed by atoms with van der Waals surface area (Å²) in [5.41, 5.74) is 3.48. The highest BCUT2D eigenvalue weighted by atomic mass is 14.2. The summed E-state index contributed by atoms with van der Waals surface area (Å²) in [7, 11) is 0. The maximum Gasteiger partial charge on any atom is -0.0165 e. The Hall–Kier alpha value is -0.520. The Balaban J connectivity index is 2.23.